The van der Waals surface area contributed by atoms with Crippen molar-refractivity contribution in [2.45, 2.75) is 57.5 Å². The molecule has 0 aromatic heterocycles. The number of hydrogen-bond acceptors (Lipinski definition) is 2. The van der Waals surface area contributed by atoms with Crippen molar-refractivity contribution in [1.82, 2.24) is 4.90 Å². The molecule has 1 aliphatic rings. The number of nitrogens with two attached hydrogens (primary N) is 1. The van der Waals surface area contributed by atoms with Gasteiger partial charge in [-0.05, 0) is 39.3 Å². The molecule has 78 valence electrons. The van der Waals surface area contributed by atoms with Crippen molar-refractivity contribution < 1.29 is 0 Å². The van der Waals surface area contributed by atoms with E-state index in [4.69, 9.17) is 5.73 Å². The van der Waals surface area contributed by atoms with Gasteiger partial charge in [0, 0.05) is 12.1 Å². The molecular formula is C11H24N2. The lowest BCUT2D eigenvalue weighted by Gasteiger charge is -2.33. The molecule has 0 spiro atoms. The lowest BCUT2D eigenvalue weighted by atomic mass is 9.91. The van der Waals surface area contributed by atoms with Crippen molar-refractivity contribution in [3.05, 3.63) is 0 Å². The molecule has 2 atom stereocenters. The Bertz CT molecular complexity index is 136. The monoisotopic (exact) mass is 184 g/mol. The second-order valence-electron chi connectivity index (χ2n) is 4.41. The molecule has 0 bridgehead atoms. The Labute approximate surface area is 82.5 Å². The topological polar surface area (TPSA) is 29.3 Å². The van der Waals surface area contributed by atoms with Gasteiger partial charge in [0.15, 0.2) is 0 Å². The average Bonchev–Trinajstić information content (AvgIpc) is 2.14. The summed E-state index contributed by atoms with van der Waals surface area (Å²) >= 11 is 0. The van der Waals surface area contributed by atoms with Gasteiger partial charge in [-0.1, -0.05) is 19.8 Å². The zero-order valence-corrected chi connectivity index (χ0v) is 9.13. The van der Waals surface area contributed by atoms with Crippen LogP contribution in [0, 0.1) is 0 Å². The third kappa shape index (κ3) is 3.65. The molecule has 2 heteroatoms. The normalized spacial score (nSPS) is 29.5. The van der Waals surface area contributed by atoms with Crippen LogP contribution in [-0.4, -0.2) is 30.6 Å². The Balaban J connectivity index is 2.24. The van der Waals surface area contributed by atoms with Gasteiger partial charge in [0.05, 0.1) is 0 Å². The van der Waals surface area contributed by atoms with E-state index in [1.165, 1.54) is 45.1 Å². The summed E-state index contributed by atoms with van der Waals surface area (Å²) in [5, 5.41) is 0. The van der Waals surface area contributed by atoms with E-state index in [0.29, 0.717) is 6.04 Å². The maximum Gasteiger partial charge on any atom is 0.0107 e. The Morgan fingerprint density at radius 2 is 2.15 bits per heavy atom. The first-order valence-electron chi connectivity index (χ1n) is 5.70. The molecule has 0 aliphatic heterocycles. The predicted octanol–water partition coefficient (Wildman–Crippen LogP) is 1.99. The molecule has 1 aliphatic carbocycles. The van der Waals surface area contributed by atoms with Crippen LogP contribution in [0.5, 0.6) is 0 Å². The van der Waals surface area contributed by atoms with Crippen molar-refractivity contribution in [3.8, 4) is 0 Å². The fourth-order valence-corrected chi connectivity index (χ4v) is 2.19. The molecule has 0 aromatic rings. The van der Waals surface area contributed by atoms with Crippen LogP contribution in [0.1, 0.15) is 45.4 Å². The van der Waals surface area contributed by atoms with E-state index < -0.39 is 0 Å². The number of unbranched alkanes of at least 4 members (excludes halogenated alkanes) is 1. The van der Waals surface area contributed by atoms with Crippen LogP contribution < -0.4 is 5.73 Å². The summed E-state index contributed by atoms with van der Waals surface area (Å²) in [6, 6.07) is 1.22. The third-order valence-corrected chi connectivity index (χ3v) is 3.17. The average molecular weight is 184 g/mol. The first kappa shape index (κ1) is 11.0. The van der Waals surface area contributed by atoms with Crippen LogP contribution in [0.2, 0.25) is 0 Å². The molecule has 0 amide bonds. The Morgan fingerprint density at radius 3 is 2.77 bits per heavy atom. The highest BCUT2D eigenvalue weighted by Gasteiger charge is 2.21. The summed E-state index contributed by atoms with van der Waals surface area (Å²) in [6.45, 7) is 3.49. The SMILES string of the molecule is CCCCN(C)C1CCCC(N)C1. The highest BCUT2D eigenvalue weighted by Crippen LogP contribution is 2.21. The molecule has 13 heavy (non-hydrogen) atoms. The molecule has 2 nitrogen and oxygen atoms in total. The van der Waals surface area contributed by atoms with Crippen LogP contribution >= 0.6 is 0 Å². The van der Waals surface area contributed by atoms with E-state index in [1.807, 2.05) is 0 Å². The van der Waals surface area contributed by atoms with Crippen LogP contribution in [0.4, 0.5) is 0 Å². The minimum absolute atomic E-state index is 0.461. The molecule has 1 fully saturated rings. The molecule has 1 saturated carbocycles. The molecule has 0 saturated heterocycles. The van der Waals surface area contributed by atoms with Crippen molar-refractivity contribution in [3.63, 3.8) is 0 Å². The van der Waals surface area contributed by atoms with Crippen LogP contribution in [0.3, 0.4) is 0 Å². The van der Waals surface area contributed by atoms with Crippen molar-refractivity contribution >= 4 is 0 Å². The van der Waals surface area contributed by atoms with Crippen molar-refractivity contribution in [2.75, 3.05) is 13.6 Å². The summed E-state index contributed by atoms with van der Waals surface area (Å²) in [5.41, 5.74) is 5.96. The molecule has 0 radical (unpaired) electrons. The lowest BCUT2D eigenvalue weighted by Crippen LogP contribution is -2.40. The maximum atomic E-state index is 5.96. The first-order chi connectivity index (χ1) is 6.24. The van der Waals surface area contributed by atoms with E-state index in [0.717, 1.165) is 6.04 Å². The molecule has 0 aromatic carbocycles. The van der Waals surface area contributed by atoms with Gasteiger partial charge in [-0.3, -0.25) is 0 Å². The largest absolute Gasteiger partial charge is 0.328 e. The summed E-state index contributed by atoms with van der Waals surface area (Å²) in [4.78, 5) is 2.50. The Hall–Kier alpha value is -0.0800. The quantitative estimate of drug-likeness (QED) is 0.724. The second kappa shape index (κ2) is 5.61. The molecule has 0 heterocycles. The molecular weight excluding hydrogens is 160 g/mol. The molecule has 1 rings (SSSR count). The van der Waals surface area contributed by atoms with Crippen LogP contribution in [0.15, 0.2) is 0 Å². The van der Waals surface area contributed by atoms with E-state index in [-0.39, 0.29) is 0 Å². The van der Waals surface area contributed by atoms with Gasteiger partial charge in [0.25, 0.3) is 0 Å². The van der Waals surface area contributed by atoms with Gasteiger partial charge in [0.1, 0.15) is 0 Å². The van der Waals surface area contributed by atoms with E-state index in [2.05, 4.69) is 18.9 Å². The third-order valence-electron chi connectivity index (χ3n) is 3.17. The number of rotatable bonds is 4. The Kier molecular flexibility index (Phi) is 4.74. The van der Waals surface area contributed by atoms with Gasteiger partial charge in [0.2, 0.25) is 0 Å². The summed E-state index contributed by atoms with van der Waals surface area (Å²) < 4.78 is 0. The van der Waals surface area contributed by atoms with Crippen LogP contribution in [-0.2, 0) is 0 Å². The minimum Gasteiger partial charge on any atom is -0.328 e. The number of nitrogens with zero attached hydrogens (tertiary/aromatic N) is 1. The fraction of sp³-hybridized carbons (Fsp3) is 1.00. The van der Waals surface area contributed by atoms with E-state index in [1.54, 1.807) is 0 Å². The van der Waals surface area contributed by atoms with Gasteiger partial charge in [-0.2, -0.15) is 0 Å². The highest BCUT2D eigenvalue weighted by atomic mass is 15.1. The molecule has 2 unspecified atom stereocenters. The van der Waals surface area contributed by atoms with E-state index in [9.17, 15) is 0 Å². The standard InChI is InChI=1S/C11H24N2/c1-3-4-8-13(2)11-7-5-6-10(12)9-11/h10-11H,3-9,12H2,1-2H3. The summed E-state index contributed by atoms with van der Waals surface area (Å²) in [7, 11) is 2.25. The van der Waals surface area contributed by atoms with Gasteiger partial charge < -0.3 is 10.6 Å². The first-order valence-corrected chi connectivity index (χ1v) is 5.70. The summed E-state index contributed by atoms with van der Waals surface area (Å²) in [5.74, 6) is 0. The summed E-state index contributed by atoms with van der Waals surface area (Å²) in [6.07, 6.45) is 7.74. The lowest BCUT2D eigenvalue weighted by molar-refractivity contribution is 0.178. The van der Waals surface area contributed by atoms with Gasteiger partial charge in [-0.25, -0.2) is 0 Å². The zero-order chi connectivity index (χ0) is 9.68. The second-order valence-corrected chi connectivity index (χ2v) is 4.41. The zero-order valence-electron chi connectivity index (χ0n) is 9.13. The van der Waals surface area contributed by atoms with Gasteiger partial charge in [-0.15, -0.1) is 0 Å². The fourth-order valence-electron chi connectivity index (χ4n) is 2.19. The van der Waals surface area contributed by atoms with Crippen molar-refractivity contribution in [1.29, 1.82) is 0 Å². The van der Waals surface area contributed by atoms with E-state index >= 15 is 0 Å². The van der Waals surface area contributed by atoms with Gasteiger partial charge >= 0.3 is 0 Å². The van der Waals surface area contributed by atoms with Crippen LogP contribution in [0.25, 0.3) is 0 Å². The highest BCUT2D eigenvalue weighted by molar-refractivity contribution is 4.80. The number of hydrogen-bond donors (Lipinski definition) is 1. The minimum atomic E-state index is 0.461. The van der Waals surface area contributed by atoms with Crippen molar-refractivity contribution in [2.24, 2.45) is 5.73 Å². The molecule has 2 N–H and O–H groups in total. The smallest absolute Gasteiger partial charge is 0.0107 e. The Morgan fingerprint density at radius 1 is 1.38 bits per heavy atom. The maximum absolute atomic E-state index is 5.96. The predicted molar refractivity (Wildman–Crippen MR) is 57.8 cm³/mol.